The largest absolute Gasteiger partial charge is 0.332 e. The Balaban J connectivity index is 1.85. The lowest BCUT2D eigenvalue weighted by molar-refractivity contribution is 0.599. The summed E-state index contributed by atoms with van der Waals surface area (Å²) in [5, 5.41) is 0. The Morgan fingerprint density at radius 3 is 2.47 bits per heavy atom. The SMILES string of the molecule is Fc1ccccc1Cn1cnc(-c2ccccc2)c1. The molecule has 0 unspecified atom stereocenters. The van der Waals surface area contributed by atoms with Crippen LogP contribution in [0, 0.1) is 5.82 Å². The molecule has 3 heteroatoms. The highest BCUT2D eigenvalue weighted by atomic mass is 19.1. The van der Waals surface area contributed by atoms with Crippen molar-refractivity contribution in [3.8, 4) is 11.3 Å². The number of imidazole rings is 1. The summed E-state index contributed by atoms with van der Waals surface area (Å²) in [7, 11) is 0. The summed E-state index contributed by atoms with van der Waals surface area (Å²) >= 11 is 0. The van der Waals surface area contributed by atoms with Crippen molar-refractivity contribution in [2.24, 2.45) is 0 Å². The zero-order valence-corrected chi connectivity index (χ0v) is 10.3. The Bertz CT molecular complexity index is 674. The minimum atomic E-state index is -0.183. The second-order valence-electron chi connectivity index (χ2n) is 4.39. The van der Waals surface area contributed by atoms with Crippen LogP contribution in [0.3, 0.4) is 0 Å². The highest BCUT2D eigenvalue weighted by Crippen LogP contribution is 2.17. The van der Waals surface area contributed by atoms with E-state index in [-0.39, 0.29) is 5.82 Å². The van der Waals surface area contributed by atoms with Crippen LogP contribution in [0.1, 0.15) is 5.56 Å². The summed E-state index contributed by atoms with van der Waals surface area (Å²) in [4.78, 5) is 4.35. The summed E-state index contributed by atoms with van der Waals surface area (Å²) in [5.41, 5.74) is 2.63. The maximum absolute atomic E-state index is 13.6. The van der Waals surface area contributed by atoms with Gasteiger partial charge in [-0.1, -0.05) is 48.5 Å². The van der Waals surface area contributed by atoms with Crippen LogP contribution in [0.4, 0.5) is 4.39 Å². The Morgan fingerprint density at radius 2 is 1.68 bits per heavy atom. The monoisotopic (exact) mass is 252 g/mol. The van der Waals surface area contributed by atoms with Crippen LogP contribution in [-0.2, 0) is 6.54 Å². The molecule has 19 heavy (non-hydrogen) atoms. The first kappa shape index (κ1) is 11.7. The molecule has 0 N–H and O–H groups in total. The first-order valence-corrected chi connectivity index (χ1v) is 6.13. The zero-order chi connectivity index (χ0) is 13.1. The van der Waals surface area contributed by atoms with Crippen LogP contribution >= 0.6 is 0 Å². The molecule has 2 aromatic carbocycles. The van der Waals surface area contributed by atoms with Gasteiger partial charge in [-0.15, -0.1) is 0 Å². The van der Waals surface area contributed by atoms with Gasteiger partial charge in [0.15, 0.2) is 0 Å². The highest BCUT2D eigenvalue weighted by Gasteiger charge is 2.04. The van der Waals surface area contributed by atoms with Gasteiger partial charge in [0.2, 0.25) is 0 Å². The van der Waals surface area contributed by atoms with Gasteiger partial charge in [-0.05, 0) is 6.07 Å². The molecule has 0 fully saturated rings. The quantitative estimate of drug-likeness (QED) is 0.694. The van der Waals surface area contributed by atoms with Crippen molar-refractivity contribution in [1.82, 2.24) is 9.55 Å². The number of halogens is 1. The van der Waals surface area contributed by atoms with E-state index in [2.05, 4.69) is 4.98 Å². The lowest BCUT2D eigenvalue weighted by atomic mass is 10.2. The Morgan fingerprint density at radius 1 is 0.947 bits per heavy atom. The van der Waals surface area contributed by atoms with E-state index in [1.165, 1.54) is 6.07 Å². The van der Waals surface area contributed by atoms with Gasteiger partial charge in [-0.2, -0.15) is 0 Å². The fourth-order valence-electron chi connectivity index (χ4n) is 2.03. The van der Waals surface area contributed by atoms with E-state index in [9.17, 15) is 4.39 Å². The number of nitrogens with zero attached hydrogens (tertiary/aromatic N) is 2. The molecule has 0 spiro atoms. The summed E-state index contributed by atoms with van der Waals surface area (Å²) < 4.78 is 15.5. The predicted octanol–water partition coefficient (Wildman–Crippen LogP) is 3.74. The molecule has 0 aliphatic carbocycles. The molecule has 0 radical (unpaired) electrons. The molecule has 3 rings (SSSR count). The van der Waals surface area contributed by atoms with E-state index in [1.807, 2.05) is 47.2 Å². The topological polar surface area (TPSA) is 17.8 Å². The van der Waals surface area contributed by atoms with E-state index >= 15 is 0 Å². The van der Waals surface area contributed by atoms with Crippen LogP contribution in [0.2, 0.25) is 0 Å². The standard InChI is InChI=1S/C16H13FN2/c17-15-9-5-4-8-14(15)10-19-11-16(18-12-19)13-6-2-1-3-7-13/h1-9,11-12H,10H2. The van der Waals surface area contributed by atoms with Crippen molar-refractivity contribution in [1.29, 1.82) is 0 Å². The predicted molar refractivity (Wildman–Crippen MR) is 73.2 cm³/mol. The Kier molecular flexibility index (Phi) is 3.11. The smallest absolute Gasteiger partial charge is 0.128 e. The number of benzene rings is 2. The summed E-state index contributed by atoms with van der Waals surface area (Å²) in [6, 6.07) is 16.7. The van der Waals surface area contributed by atoms with E-state index < -0.39 is 0 Å². The molecule has 1 aromatic heterocycles. The van der Waals surface area contributed by atoms with Crippen LogP contribution in [-0.4, -0.2) is 9.55 Å². The van der Waals surface area contributed by atoms with Crippen molar-refractivity contribution in [2.75, 3.05) is 0 Å². The number of rotatable bonds is 3. The van der Waals surface area contributed by atoms with Crippen molar-refractivity contribution in [2.45, 2.75) is 6.54 Å². The second-order valence-corrected chi connectivity index (χ2v) is 4.39. The van der Waals surface area contributed by atoms with Gasteiger partial charge in [0.25, 0.3) is 0 Å². The van der Waals surface area contributed by atoms with E-state index in [1.54, 1.807) is 18.5 Å². The molecule has 94 valence electrons. The van der Waals surface area contributed by atoms with Crippen LogP contribution in [0.15, 0.2) is 67.1 Å². The lowest BCUT2D eigenvalue weighted by Crippen LogP contribution is -1.98. The summed E-state index contributed by atoms with van der Waals surface area (Å²) in [5.74, 6) is -0.183. The van der Waals surface area contributed by atoms with Gasteiger partial charge in [-0.3, -0.25) is 0 Å². The fraction of sp³-hybridized carbons (Fsp3) is 0.0625. The molecule has 0 saturated heterocycles. The van der Waals surface area contributed by atoms with Crippen molar-refractivity contribution < 1.29 is 4.39 Å². The molecular formula is C16H13FN2. The molecular weight excluding hydrogens is 239 g/mol. The maximum Gasteiger partial charge on any atom is 0.128 e. The maximum atomic E-state index is 13.6. The molecule has 1 heterocycles. The third-order valence-corrected chi connectivity index (χ3v) is 3.01. The summed E-state index contributed by atoms with van der Waals surface area (Å²) in [6.45, 7) is 0.493. The average Bonchev–Trinajstić information content (AvgIpc) is 2.91. The van der Waals surface area contributed by atoms with E-state index in [4.69, 9.17) is 0 Å². The van der Waals surface area contributed by atoms with Crippen molar-refractivity contribution >= 4 is 0 Å². The van der Waals surface area contributed by atoms with E-state index in [0.29, 0.717) is 12.1 Å². The lowest BCUT2D eigenvalue weighted by Gasteiger charge is -2.03. The van der Waals surface area contributed by atoms with Gasteiger partial charge in [0, 0.05) is 17.3 Å². The number of hydrogen-bond donors (Lipinski definition) is 0. The van der Waals surface area contributed by atoms with Gasteiger partial charge >= 0.3 is 0 Å². The molecule has 0 saturated carbocycles. The van der Waals surface area contributed by atoms with Crippen LogP contribution in [0.25, 0.3) is 11.3 Å². The number of aromatic nitrogens is 2. The van der Waals surface area contributed by atoms with Gasteiger partial charge < -0.3 is 4.57 Å². The average molecular weight is 252 g/mol. The minimum Gasteiger partial charge on any atom is -0.332 e. The molecule has 0 aliphatic rings. The highest BCUT2D eigenvalue weighted by molar-refractivity contribution is 5.57. The zero-order valence-electron chi connectivity index (χ0n) is 10.3. The normalized spacial score (nSPS) is 10.6. The second kappa shape index (κ2) is 5.06. The first-order chi connectivity index (χ1) is 9.33. The van der Waals surface area contributed by atoms with E-state index in [0.717, 1.165) is 11.3 Å². The van der Waals surface area contributed by atoms with Crippen LogP contribution < -0.4 is 0 Å². The molecule has 0 bridgehead atoms. The third-order valence-electron chi connectivity index (χ3n) is 3.01. The third kappa shape index (κ3) is 2.55. The number of hydrogen-bond acceptors (Lipinski definition) is 1. The Labute approximate surface area is 111 Å². The van der Waals surface area contributed by atoms with Crippen LogP contribution in [0.5, 0.6) is 0 Å². The first-order valence-electron chi connectivity index (χ1n) is 6.13. The Hall–Kier alpha value is -2.42. The fourth-order valence-corrected chi connectivity index (χ4v) is 2.03. The molecule has 0 atom stereocenters. The van der Waals surface area contributed by atoms with Gasteiger partial charge in [0.05, 0.1) is 18.6 Å². The van der Waals surface area contributed by atoms with Crippen molar-refractivity contribution in [3.63, 3.8) is 0 Å². The van der Waals surface area contributed by atoms with Gasteiger partial charge in [-0.25, -0.2) is 9.37 Å². The summed E-state index contributed by atoms with van der Waals surface area (Å²) in [6.07, 6.45) is 3.66. The van der Waals surface area contributed by atoms with Gasteiger partial charge in [0.1, 0.15) is 5.82 Å². The minimum absolute atomic E-state index is 0.183. The molecule has 2 nitrogen and oxygen atoms in total. The molecule has 3 aromatic rings. The molecule has 0 amide bonds. The molecule has 0 aliphatic heterocycles. The van der Waals surface area contributed by atoms with Crippen molar-refractivity contribution in [3.05, 3.63) is 78.5 Å².